The van der Waals surface area contributed by atoms with Crippen molar-refractivity contribution in [2.24, 2.45) is 0 Å². The number of hydrogen-bond acceptors (Lipinski definition) is 3. The van der Waals surface area contributed by atoms with Crippen molar-refractivity contribution in [3.63, 3.8) is 0 Å². The zero-order valence-electron chi connectivity index (χ0n) is 10.1. The van der Waals surface area contributed by atoms with E-state index in [4.69, 9.17) is 0 Å². The highest BCUT2D eigenvalue weighted by Gasteiger charge is 2.20. The Morgan fingerprint density at radius 3 is 3.00 bits per heavy atom. The molecule has 0 unspecified atom stereocenters. The van der Waals surface area contributed by atoms with Gasteiger partial charge in [0.15, 0.2) is 0 Å². The summed E-state index contributed by atoms with van der Waals surface area (Å²) < 4.78 is 0. The largest absolute Gasteiger partial charge is 0.348 e. The third-order valence-corrected chi connectivity index (χ3v) is 2.87. The minimum atomic E-state index is -0.0235. The van der Waals surface area contributed by atoms with E-state index >= 15 is 0 Å². The van der Waals surface area contributed by atoms with Crippen molar-refractivity contribution in [3.8, 4) is 0 Å². The number of rotatable bonds is 6. The first-order valence-electron chi connectivity index (χ1n) is 6.19. The van der Waals surface area contributed by atoms with Crippen molar-refractivity contribution in [1.29, 1.82) is 0 Å². The van der Waals surface area contributed by atoms with Crippen molar-refractivity contribution in [1.82, 2.24) is 15.6 Å². The molecule has 2 N–H and O–H groups in total. The minimum absolute atomic E-state index is 0.0235. The highest BCUT2D eigenvalue weighted by atomic mass is 16.1. The zero-order valence-corrected chi connectivity index (χ0v) is 10.1. The van der Waals surface area contributed by atoms with E-state index in [2.05, 4.69) is 15.6 Å². The number of carbonyl (C=O) groups is 1. The highest BCUT2D eigenvalue weighted by molar-refractivity contribution is 5.76. The van der Waals surface area contributed by atoms with E-state index in [9.17, 15) is 4.79 Å². The summed E-state index contributed by atoms with van der Waals surface area (Å²) >= 11 is 0. The van der Waals surface area contributed by atoms with Crippen LogP contribution in [0.4, 0.5) is 0 Å². The fraction of sp³-hybridized carbons (Fsp3) is 0.538. The first-order valence-corrected chi connectivity index (χ1v) is 6.19. The lowest BCUT2D eigenvalue weighted by molar-refractivity contribution is -0.121. The summed E-state index contributed by atoms with van der Waals surface area (Å²) in [6.45, 7) is 2.72. The van der Waals surface area contributed by atoms with Crippen molar-refractivity contribution >= 4 is 5.91 Å². The van der Waals surface area contributed by atoms with E-state index in [1.807, 2.05) is 25.1 Å². The van der Waals surface area contributed by atoms with Gasteiger partial charge in [-0.1, -0.05) is 6.07 Å². The molecule has 1 aliphatic rings. The number of nitrogens with one attached hydrogen (secondary N) is 2. The van der Waals surface area contributed by atoms with Gasteiger partial charge >= 0.3 is 0 Å². The van der Waals surface area contributed by atoms with Gasteiger partial charge in [-0.05, 0) is 31.9 Å². The fourth-order valence-corrected chi connectivity index (χ4v) is 1.70. The molecule has 2 rings (SSSR count). The molecular formula is C13H19N3O. The normalized spacial score (nSPS) is 16.5. The molecule has 0 aliphatic heterocycles. The molecule has 4 heteroatoms. The van der Waals surface area contributed by atoms with Crippen LogP contribution >= 0.6 is 0 Å². The molecule has 0 aromatic carbocycles. The van der Waals surface area contributed by atoms with E-state index in [-0.39, 0.29) is 11.9 Å². The van der Waals surface area contributed by atoms with Gasteiger partial charge < -0.3 is 10.6 Å². The Bertz CT molecular complexity index is 362. The molecule has 4 nitrogen and oxygen atoms in total. The summed E-state index contributed by atoms with van der Waals surface area (Å²) in [5.74, 6) is 0.0799. The molecule has 17 heavy (non-hydrogen) atoms. The lowest BCUT2D eigenvalue weighted by Gasteiger charge is -2.13. The maximum absolute atomic E-state index is 11.6. The second-order valence-electron chi connectivity index (χ2n) is 4.52. The van der Waals surface area contributed by atoms with Crippen LogP contribution in [0.3, 0.4) is 0 Å². The van der Waals surface area contributed by atoms with Gasteiger partial charge in [0, 0.05) is 25.2 Å². The predicted molar refractivity (Wildman–Crippen MR) is 66.4 cm³/mol. The van der Waals surface area contributed by atoms with E-state index in [0.29, 0.717) is 12.5 Å². The summed E-state index contributed by atoms with van der Waals surface area (Å²) in [5, 5.41) is 6.27. The molecule has 0 saturated heterocycles. The Balaban J connectivity index is 1.69. The number of nitrogens with zero attached hydrogens (tertiary/aromatic N) is 1. The summed E-state index contributed by atoms with van der Waals surface area (Å²) in [6, 6.07) is 6.37. The maximum atomic E-state index is 11.6. The van der Waals surface area contributed by atoms with Crippen LogP contribution < -0.4 is 10.6 Å². The predicted octanol–water partition coefficient (Wildman–Crippen LogP) is 1.40. The maximum Gasteiger partial charge on any atom is 0.221 e. The van der Waals surface area contributed by atoms with E-state index < -0.39 is 0 Å². The number of amides is 1. The van der Waals surface area contributed by atoms with Gasteiger partial charge in [0.05, 0.1) is 11.7 Å². The first-order chi connectivity index (χ1) is 8.25. The van der Waals surface area contributed by atoms with Crippen molar-refractivity contribution < 1.29 is 4.79 Å². The minimum Gasteiger partial charge on any atom is -0.348 e. The van der Waals surface area contributed by atoms with Gasteiger partial charge in [-0.3, -0.25) is 9.78 Å². The van der Waals surface area contributed by atoms with Crippen LogP contribution in [0.15, 0.2) is 24.4 Å². The Morgan fingerprint density at radius 2 is 2.35 bits per heavy atom. The molecule has 1 aliphatic carbocycles. The lowest BCUT2D eigenvalue weighted by atomic mass is 10.2. The smallest absolute Gasteiger partial charge is 0.221 e. The van der Waals surface area contributed by atoms with Gasteiger partial charge in [-0.25, -0.2) is 0 Å². The van der Waals surface area contributed by atoms with Gasteiger partial charge in [0.25, 0.3) is 0 Å². The van der Waals surface area contributed by atoms with E-state index in [0.717, 1.165) is 12.2 Å². The molecule has 0 bridgehead atoms. The zero-order chi connectivity index (χ0) is 12.1. The van der Waals surface area contributed by atoms with Gasteiger partial charge in [-0.2, -0.15) is 0 Å². The van der Waals surface area contributed by atoms with E-state index in [1.165, 1.54) is 12.8 Å². The second-order valence-corrected chi connectivity index (χ2v) is 4.52. The van der Waals surface area contributed by atoms with Crippen LogP contribution in [0.1, 0.15) is 37.9 Å². The monoisotopic (exact) mass is 233 g/mol. The van der Waals surface area contributed by atoms with Gasteiger partial charge in [-0.15, -0.1) is 0 Å². The molecule has 1 heterocycles. The highest BCUT2D eigenvalue weighted by Crippen LogP contribution is 2.18. The summed E-state index contributed by atoms with van der Waals surface area (Å²) in [6.07, 6.45) is 4.79. The Labute approximate surface area is 102 Å². The van der Waals surface area contributed by atoms with Crippen LogP contribution in [0, 0.1) is 0 Å². The number of aromatic nitrogens is 1. The SMILES string of the molecule is C[C@H](NC(=O)CCNC1CC1)c1ccccn1. The summed E-state index contributed by atoms with van der Waals surface area (Å²) in [7, 11) is 0. The number of carbonyl (C=O) groups excluding carboxylic acids is 1. The molecule has 1 atom stereocenters. The van der Waals surface area contributed by atoms with Crippen LogP contribution in [0.2, 0.25) is 0 Å². The van der Waals surface area contributed by atoms with Crippen LogP contribution in [-0.4, -0.2) is 23.5 Å². The van der Waals surface area contributed by atoms with Crippen LogP contribution in [0.5, 0.6) is 0 Å². The summed E-state index contributed by atoms with van der Waals surface area (Å²) in [4.78, 5) is 15.9. The van der Waals surface area contributed by atoms with E-state index in [1.54, 1.807) is 6.20 Å². The molecule has 1 amide bonds. The third kappa shape index (κ3) is 4.15. The van der Waals surface area contributed by atoms with Crippen LogP contribution in [-0.2, 0) is 4.79 Å². The van der Waals surface area contributed by atoms with Crippen LogP contribution in [0.25, 0.3) is 0 Å². The second kappa shape index (κ2) is 5.77. The molecule has 0 radical (unpaired) electrons. The molecule has 92 valence electrons. The third-order valence-electron chi connectivity index (χ3n) is 2.87. The summed E-state index contributed by atoms with van der Waals surface area (Å²) in [5.41, 5.74) is 0.899. The lowest BCUT2D eigenvalue weighted by Crippen LogP contribution is -2.30. The standard InChI is InChI=1S/C13H19N3O/c1-10(12-4-2-3-8-15-12)16-13(17)7-9-14-11-5-6-11/h2-4,8,10-11,14H,5-7,9H2,1H3,(H,16,17)/t10-/m0/s1. The molecule has 1 aromatic rings. The van der Waals surface area contributed by atoms with Crippen molar-refractivity contribution in [2.75, 3.05) is 6.54 Å². The molecule has 1 aromatic heterocycles. The molecule has 1 saturated carbocycles. The Kier molecular flexibility index (Phi) is 4.09. The Morgan fingerprint density at radius 1 is 1.53 bits per heavy atom. The average Bonchev–Trinajstić information content (AvgIpc) is 3.14. The Hall–Kier alpha value is -1.42. The molecule has 0 spiro atoms. The molecule has 1 fully saturated rings. The van der Waals surface area contributed by atoms with Gasteiger partial charge in [0.1, 0.15) is 0 Å². The quantitative estimate of drug-likeness (QED) is 0.781. The topological polar surface area (TPSA) is 54.0 Å². The fourth-order valence-electron chi connectivity index (χ4n) is 1.70. The van der Waals surface area contributed by atoms with Gasteiger partial charge in [0.2, 0.25) is 5.91 Å². The molecular weight excluding hydrogens is 214 g/mol. The van der Waals surface area contributed by atoms with Crippen molar-refractivity contribution in [3.05, 3.63) is 30.1 Å². The van der Waals surface area contributed by atoms with Crippen molar-refractivity contribution in [2.45, 2.75) is 38.3 Å². The number of hydrogen-bond donors (Lipinski definition) is 2. The number of pyridine rings is 1. The first kappa shape index (κ1) is 12.0. The average molecular weight is 233 g/mol.